The van der Waals surface area contributed by atoms with Gasteiger partial charge in [-0.3, -0.25) is 9.59 Å². The van der Waals surface area contributed by atoms with E-state index in [-0.39, 0.29) is 11.8 Å². The lowest BCUT2D eigenvalue weighted by atomic mass is 9.78. The van der Waals surface area contributed by atoms with Crippen molar-refractivity contribution in [2.75, 3.05) is 33.2 Å². The smallest absolute Gasteiger partial charge is 0.254 e. The summed E-state index contributed by atoms with van der Waals surface area (Å²) in [4.78, 5) is 29.6. The summed E-state index contributed by atoms with van der Waals surface area (Å²) in [6.07, 6.45) is 0.736. The minimum atomic E-state index is -0.662. The Balaban J connectivity index is 1.91. The number of fused-ring (bicyclic) bond motifs is 1. The molecule has 1 aliphatic rings. The molecule has 2 unspecified atom stereocenters. The van der Waals surface area contributed by atoms with E-state index >= 15 is 0 Å². The highest BCUT2D eigenvalue weighted by atomic mass is 16.5. The highest BCUT2D eigenvalue weighted by molar-refractivity contribution is 6.04. The van der Waals surface area contributed by atoms with E-state index in [9.17, 15) is 9.59 Å². The lowest BCUT2D eigenvalue weighted by Gasteiger charge is -2.42. The highest BCUT2D eigenvalue weighted by Crippen LogP contribution is 2.47. The van der Waals surface area contributed by atoms with E-state index in [1.807, 2.05) is 69.3 Å². The summed E-state index contributed by atoms with van der Waals surface area (Å²) in [6, 6.07) is 16.3. The summed E-state index contributed by atoms with van der Waals surface area (Å²) in [5.74, 6) is 0.426. The largest absolute Gasteiger partial charge is 0.493 e. The molecule has 194 valence electrons. The molecule has 2 amide bonds. The number of ether oxygens (including phenoxy) is 3. The van der Waals surface area contributed by atoms with Gasteiger partial charge in [-0.1, -0.05) is 31.2 Å². The van der Waals surface area contributed by atoms with Crippen molar-refractivity contribution in [1.82, 2.24) is 4.90 Å². The fourth-order valence-corrected chi connectivity index (χ4v) is 5.04. The van der Waals surface area contributed by atoms with E-state index < -0.39 is 12.0 Å². The van der Waals surface area contributed by atoms with Gasteiger partial charge in [-0.25, -0.2) is 0 Å². The van der Waals surface area contributed by atoms with Crippen LogP contribution in [-0.4, -0.2) is 44.6 Å². The molecule has 0 radical (unpaired) electrons. The van der Waals surface area contributed by atoms with E-state index in [4.69, 9.17) is 14.2 Å². The van der Waals surface area contributed by atoms with Crippen molar-refractivity contribution in [3.8, 4) is 17.2 Å². The average molecular weight is 503 g/mol. The summed E-state index contributed by atoms with van der Waals surface area (Å²) >= 11 is 0. The highest BCUT2D eigenvalue weighted by Gasteiger charge is 2.44. The van der Waals surface area contributed by atoms with E-state index in [1.165, 1.54) is 0 Å². The van der Waals surface area contributed by atoms with E-state index in [1.54, 1.807) is 32.3 Å². The zero-order chi connectivity index (χ0) is 26.7. The number of hydrogen-bond donors (Lipinski definition) is 1. The molecular weight excluding hydrogens is 468 g/mol. The van der Waals surface area contributed by atoms with E-state index in [0.29, 0.717) is 40.6 Å². The summed E-state index contributed by atoms with van der Waals surface area (Å²) in [5, 5.41) is 3.11. The molecule has 4 rings (SSSR count). The summed E-state index contributed by atoms with van der Waals surface area (Å²) in [6.45, 7) is 6.56. The van der Waals surface area contributed by atoms with Crippen LogP contribution in [0, 0.1) is 13.8 Å². The Labute approximate surface area is 218 Å². The molecule has 0 saturated carbocycles. The van der Waals surface area contributed by atoms with Crippen LogP contribution in [0.15, 0.2) is 54.6 Å². The summed E-state index contributed by atoms with van der Waals surface area (Å²) in [5.41, 5.74) is 4.92. The molecule has 1 N–H and O–H groups in total. The molecule has 0 saturated heterocycles. The molecule has 7 heteroatoms. The number of carbonyl (C=O) groups is 2. The number of hydrogen-bond acceptors (Lipinski definition) is 5. The zero-order valence-electron chi connectivity index (χ0n) is 22.3. The van der Waals surface area contributed by atoms with Crippen molar-refractivity contribution in [3.63, 3.8) is 0 Å². The number of methoxy groups -OCH3 is 3. The quantitative estimate of drug-likeness (QED) is 0.430. The molecule has 1 aliphatic heterocycles. The van der Waals surface area contributed by atoms with Gasteiger partial charge in [-0.2, -0.15) is 0 Å². The topological polar surface area (TPSA) is 77.1 Å². The molecule has 3 aromatic rings. The van der Waals surface area contributed by atoms with Crippen molar-refractivity contribution >= 4 is 17.5 Å². The Hall–Kier alpha value is -4.00. The fourth-order valence-electron chi connectivity index (χ4n) is 5.04. The molecule has 0 bridgehead atoms. The molecule has 0 aliphatic carbocycles. The monoisotopic (exact) mass is 502 g/mol. The Morgan fingerprint density at radius 2 is 1.59 bits per heavy atom. The van der Waals surface area contributed by atoms with Gasteiger partial charge in [-0.05, 0) is 72.9 Å². The van der Waals surface area contributed by atoms with Crippen LogP contribution in [0.2, 0.25) is 0 Å². The normalized spacial score (nSPS) is 16.7. The van der Waals surface area contributed by atoms with Gasteiger partial charge in [0.1, 0.15) is 0 Å². The number of nitrogens with one attached hydrogen (secondary N) is 1. The lowest BCUT2D eigenvalue weighted by molar-refractivity contribution is -0.119. The third-order valence-corrected chi connectivity index (χ3v) is 6.99. The first-order valence-corrected chi connectivity index (χ1v) is 12.4. The fraction of sp³-hybridized carbons (Fsp3) is 0.333. The second kappa shape index (κ2) is 10.9. The van der Waals surface area contributed by atoms with E-state index in [2.05, 4.69) is 5.32 Å². The van der Waals surface area contributed by atoms with Crippen LogP contribution in [0.1, 0.15) is 57.9 Å². The van der Waals surface area contributed by atoms with Crippen LogP contribution in [0.25, 0.3) is 0 Å². The van der Waals surface area contributed by atoms with Crippen molar-refractivity contribution < 1.29 is 23.8 Å². The molecule has 0 spiro atoms. The average Bonchev–Trinajstić information content (AvgIpc) is 2.91. The second-order valence-electron chi connectivity index (χ2n) is 9.26. The van der Waals surface area contributed by atoms with Gasteiger partial charge in [0.05, 0.1) is 33.3 Å². The molecule has 3 aromatic carbocycles. The van der Waals surface area contributed by atoms with Gasteiger partial charge >= 0.3 is 0 Å². The number of nitrogens with zero attached hydrogens (tertiary/aromatic N) is 1. The predicted octanol–water partition coefficient (Wildman–Crippen LogP) is 5.66. The Morgan fingerprint density at radius 3 is 2.19 bits per heavy atom. The molecule has 1 heterocycles. The maximum atomic E-state index is 14.1. The predicted molar refractivity (Wildman–Crippen MR) is 144 cm³/mol. The molecule has 7 nitrogen and oxygen atoms in total. The van der Waals surface area contributed by atoms with Crippen molar-refractivity contribution in [3.05, 3.63) is 82.4 Å². The first kappa shape index (κ1) is 26.1. The summed E-state index contributed by atoms with van der Waals surface area (Å²) in [7, 11) is 4.65. The standard InChI is InChI=1S/C30H34N2O5/c1-7-14-32-27(20-16-24(35-4)28(37-6)25(17-20)36-5)26(22-10-8-9-11-23(22)30(32)34)29(33)31-21-13-12-18(2)19(3)15-21/h8-13,15-17,26-27H,7,14H2,1-6H3,(H,31,33). The minimum absolute atomic E-state index is 0.105. The molecule has 0 aromatic heterocycles. The Bertz CT molecular complexity index is 1290. The molecular formula is C30H34N2O5. The van der Waals surface area contributed by atoms with Gasteiger partial charge in [0.2, 0.25) is 11.7 Å². The van der Waals surface area contributed by atoms with Crippen LogP contribution in [0.3, 0.4) is 0 Å². The third kappa shape index (κ3) is 4.86. The van der Waals surface area contributed by atoms with Crippen LogP contribution in [0.4, 0.5) is 5.69 Å². The Morgan fingerprint density at radius 1 is 0.919 bits per heavy atom. The number of carbonyl (C=O) groups excluding carboxylic acids is 2. The second-order valence-corrected chi connectivity index (χ2v) is 9.26. The first-order chi connectivity index (χ1) is 17.8. The van der Waals surface area contributed by atoms with Crippen molar-refractivity contribution in [1.29, 1.82) is 0 Å². The van der Waals surface area contributed by atoms with Gasteiger partial charge in [0.25, 0.3) is 5.91 Å². The lowest BCUT2D eigenvalue weighted by Crippen LogP contribution is -2.46. The zero-order valence-corrected chi connectivity index (χ0v) is 22.3. The van der Waals surface area contributed by atoms with Crippen molar-refractivity contribution in [2.24, 2.45) is 0 Å². The third-order valence-electron chi connectivity index (χ3n) is 6.99. The van der Waals surface area contributed by atoms with E-state index in [0.717, 1.165) is 23.1 Å². The Kier molecular flexibility index (Phi) is 7.71. The van der Waals surface area contributed by atoms with Crippen LogP contribution < -0.4 is 19.5 Å². The van der Waals surface area contributed by atoms with Crippen LogP contribution in [0.5, 0.6) is 17.2 Å². The maximum absolute atomic E-state index is 14.1. The molecule has 0 fully saturated rings. The molecule has 37 heavy (non-hydrogen) atoms. The molecule has 2 atom stereocenters. The van der Waals surface area contributed by atoms with Crippen molar-refractivity contribution in [2.45, 2.75) is 39.2 Å². The number of amides is 2. The van der Waals surface area contributed by atoms with Gasteiger partial charge < -0.3 is 24.4 Å². The number of rotatable bonds is 8. The number of benzene rings is 3. The first-order valence-electron chi connectivity index (χ1n) is 12.4. The number of aryl methyl sites for hydroxylation is 2. The van der Waals surface area contributed by atoms with Gasteiger partial charge in [0.15, 0.2) is 11.5 Å². The van der Waals surface area contributed by atoms with Gasteiger partial charge in [0, 0.05) is 17.8 Å². The van der Waals surface area contributed by atoms with Crippen LogP contribution in [-0.2, 0) is 4.79 Å². The van der Waals surface area contributed by atoms with Gasteiger partial charge in [-0.15, -0.1) is 0 Å². The summed E-state index contributed by atoms with van der Waals surface area (Å²) < 4.78 is 16.7. The SMILES string of the molecule is CCCN1C(=O)c2ccccc2C(C(=O)Nc2ccc(C)c(C)c2)C1c1cc(OC)c(OC)c(OC)c1. The van der Waals surface area contributed by atoms with Crippen LogP contribution >= 0.6 is 0 Å². The number of anilines is 1. The maximum Gasteiger partial charge on any atom is 0.254 e. The minimum Gasteiger partial charge on any atom is -0.493 e.